The zero-order valence-electron chi connectivity index (χ0n) is 37.4. The van der Waals surface area contributed by atoms with Crippen molar-refractivity contribution in [2.45, 2.75) is 138 Å². The molecule has 5 heterocycles. The van der Waals surface area contributed by atoms with E-state index >= 15 is 13.6 Å². The van der Waals surface area contributed by atoms with Gasteiger partial charge in [0.2, 0.25) is 23.6 Å². The first kappa shape index (κ1) is 43.7. The second-order valence-electron chi connectivity index (χ2n) is 20.8. The van der Waals surface area contributed by atoms with Gasteiger partial charge < -0.3 is 15.1 Å². The van der Waals surface area contributed by atoms with Gasteiger partial charge in [-0.2, -0.15) is 0 Å². The van der Waals surface area contributed by atoms with Gasteiger partial charge in [-0.1, -0.05) is 55.4 Å². The van der Waals surface area contributed by atoms with Crippen LogP contribution in [-0.2, 0) is 35.9 Å². The Bertz CT molecular complexity index is 2690. The number of carbonyl (C=O) groups is 6. The summed E-state index contributed by atoms with van der Waals surface area (Å²) in [6.45, 7) is 1.41. The van der Waals surface area contributed by atoms with E-state index in [1.165, 1.54) is 29.2 Å². The van der Waals surface area contributed by atoms with E-state index in [2.05, 4.69) is 27.8 Å². The summed E-state index contributed by atoms with van der Waals surface area (Å²) < 4.78 is 46.1. The first-order chi connectivity index (χ1) is 32.3. The molecule has 4 aliphatic carbocycles. The van der Waals surface area contributed by atoms with Gasteiger partial charge in [-0.15, -0.1) is 0 Å². The van der Waals surface area contributed by atoms with Crippen molar-refractivity contribution in [3.63, 3.8) is 0 Å². The second-order valence-corrected chi connectivity index (χ2v) is 20.8. The number of imide groups is 1. The molecule has 67 heavy (non-hydrogen) atoms. The quantitative estimate of drug-likeness (QED) is 0.177. The summed E-state index contributed by atoms with van der Waals surface area (Å²) >= 11 is 0. The van der Waals surface area contributed by atoms with Crippen LogP contribution in [0.1, 0.15) is 141 Å². The fourth-order valence-electron chi connectivity index (χ4n) is 14.0. The predicted octanol–water partition coefficient (Wildman–Crippen LogP) is 7.10. The van der Waals surface area contributed by atoms with Crippen molar-refractivity contribution in [3.8, 4) is 11.8 Å². The Balaban J connectivity index is 0.773. The molecule has 2 spiro atoms. The molecular formula is C53H54F3N5O6. The van der Waals surface area contributed by atoms with Gasteiger partial charge in [-0.25, -0.2) is 13.2 Å². The Labute approximate surface area is 387 Å². The van der Waals surface area contributed by atoms with Crippen LogP contribution in [0.4, 0.5) is 18.9 Å². The van der Waals surface area contributed by atoms with E-state index in [-0.39, 0.29) is 66.2 Å². The number of rotatable bonds is 6. The molecule has 3 saturated heterocycles. The number of benzene rings is 3. The number of piperidine rings is 2. The summed E-state index contributed by atoms with van der Waals surface area (Å²) in [5.74, 6) is 1.57. The van der Waals surface area contributed by atoms with E-state index < -0.39 is 63.6 Å². The lowest BCUT2D eigenvalue weighted by Gasteiger charge is -2.54. The minimum absolute atomic E-state index is 0.0387. The summed E-state index contributed by atoms with van der Waals surface area (Å²) in [5, 5.41) is 8.93. The van der Waals surface area contributed by atoms with Crippen LogP contribution in [0.2, 0.25) is 0 Å². The molecule has 0 radical (unpaired) electrons. The number of likely N-dealkylation sites (tertiary alicyclic amines) is 1. The molecule has 0 aromatic heterocycles. The van der Waals surface area contributed by atoms with Gasteiger partial charge in [0.25, 0.3) is 5.91 Å². The Morgan fingerprint density at radius 3 is 2.27 bits per heavy atom. The highest BCUT2D eigenvalue weighted by atomic mass is 19.2. The molecule has 4 saturated carbocycles. The van der Waals surface area contributed by atoms with E-state index in [1.54, 1.807) is 18.2 Å². The highest BCUT2D eigenvalue weighted by Crippen LogP contribution is 2.64. The number of amides is 5. The van der Waals surface area contributed by atoms with Crippen LogP contribution < -0.4 is 16.0 Å². The highest BCUT2D eigenvalue weighted by Gasteiger charge is 2.72. The number of hydrogen-bond donors (Lipinski definition) is 3. The van der Waals surface area contributed by atoms with Crippen molar-refractivity contribution < 1.29 is 41.9 Å². The van der Waals surface area contributed by atoms with Crippen LogP contribution in [0, 0.1) is 46.0 Å². The summed E-state index contributed by atoms with van der Waals surface area (Å²) in [5.41, 5.74) is -0.533. The standard InChI is InChI=1S/C53H54F3N5O6/c54-33-12-13-37-39(28-33)57-48(66)53(37)43(35-8-5-9-38(55)44(35)56)45(59-52(53)18-2-1-3-19-52)41(62)29-50-20-23-51(24-21-50,25-22-50)49(67)60-26-16-31(17-27-60)10-11-32-6-4-7-34-36(32)30-61(47(34)65)40-14-15-42(63)58-46(40)64/h4-9,12-13,28,31,40,43,45,59H,1-3,14-27,29-30H2,(H,57,66)(H,58,63,64)/t40?,43-,45-,50?,51?,53+/m0/s1. The molecule has 5 aliphatic heterocycles. The summed E-state index contributed by atoms with van der Waals surface area (Å²) in [4.78, 5) is 85.4. The topological polar surface area (TPSA) is 145 Å². The number of ketones is 1. The van der Waals surface area contributed by atoms with E-state index in [0.29, 0.717) is 94.1 Å². The highest BCUT2D eigenvalue weighted by molar-refractivity contribution is 6.10. The Morgan fingerprint density at radius 1 is 0.806 bits per heavy atom. The van der Waals surface area contributed by atoms with Crippen LogP contribution >= 0.6 is 0 Å². The maximum absolute atomic E-state index is 16.2. The second kappa shape index (κ2) is 16.2. The van der Waals surface area contributed by atoms with Gasteiger partial charge in [0.15, 0.2) is 17.4 Å². The molecule has 1 unspecified atom stereocenters. The number of halogens is 3. The SMILES string of the molecule is O=C1CCC(N2Cc3c(C#CC4CCN(C(=O)C56CCC(CC(=O)[C@@H]7NC8(CCCCC8)[C@@]8(C(=O)Nc9cc(F)ccc98)[C@H]7c7cccc(F)c7F)(CC5)CC6)CC4)cccc3C2=O)C(=O)N1. The summed E-state index contributed by atoms with van der Waals surface area (Å²) in [6.07, 6.45) is 9.65. The Morgan fingerprint density at radius 2 is 1.54 bits per heavy atom. The van der Waals surface area contributed by atoms with E-state index in [4.69, 9.17) is 0 Å². The number of anilines is 1. The number of hydrogen-bond acceptors (Lipinski definition) is 7. The first-order valence-electron chi connectivity index (χ1n) is 24.2. The molecule has 9 aliphatic rings. The molecule has 12 rings (SSSR count). The lowest BCUT2D eigenvalue weighted by molar-refractivity contribution is -0.154. The average molecular weight is 914 g/mol. The van der Waals surface area contributed by atoms with Gasteiger partial charge in [0, 0.05) is 72.1 Å². The zero-order valence-corrected chi connectivity index (χ0v) is 37.4. The molecule has 11 nitrogen and oxygen atoms in total. The van der Waals surface area contributed by atoms with Gasteiger partial charge in [-0.3, -0.25) is 39.4 Å². The largest absolute Gasteiger partial charge is 0.342 e. The molecule has 14 heteroatoms. The third kappa shape index (κ3) is 6.79. The average Bonchev–Trinajstić information content (AvgIpc) is 3.93. The first-order valence-corrected chi connectivity index (χ1v) is 24.2. The fourth-order valence-corrected chi connectivity index (χ4v) is 14.0. The van der Waals surface area contributed by atoms with Crippen LogP contribution in [0.25, 0.3) is 0 Å². The Kier molecular flexibility index (Phi) is 10.6. The van der Waals surface area contributed by atoms with Gasteiger partial charge in [0.05, 0.1) is 6.04 Å². The minimum atomic E-state index is -1.49. The van der Waals surface area contributed by atoms with Crippen LogP contribution in [-0.4, -0.2) is 75.8 Å². The monoisotopic (exact) mass is 913 g/mol. The van der Waals surface area contributed by atoms with Crippen molar-refractivity contribution in [3.05, 3.63) is 99.9 Å². The van der Waals surface area contributed by atoms with Crippen molar-refractivity contribution in [1.82, 2.24) is 20.4 Å². The summed E-state index contributed by atoms with van der Waals surface area (Å²) in [7, 11) is 0. The zero-order chi connectivity index (χ0) is 46.5. The fraction of sp³-hybridized carbons (Fsp3) is 0.509. The molecule has 348 valence electrons. The third-order valence-corrected chi connectivity index (χ3v) is 17.5. The van der Waals surface area contributed by atoms with Crippen LogP contribution in [0.15, 0.2) is 54.6 Å². The maximum Gasteiger partial charge on any atom is 0.255 e. The van der Waals surface area contributed by atoms with E-state index in [0.717, 1.165) is 36.5 Å². The van der Waals surface area contributed by atoms with Crippen molar-refractivity contribution in [2.75, 3.05) is 18.4 Å². The van der Waals surface area contributed by atoms with Crippen LogP contribution in [0.5, 0.6) is 0 Å². The van der Waals surface area contributed by atoms with Gasteiger partial charge >= 0.3 is 0 Å². The smallest absolute Gasteiger partial charge is 0.255 e. The van der Waals surface area contributed by atoms with Crippen molar-refractivity contribution in [2.24, 2.45) is 16.7 Å². The minimum Gasteiger partial charge on any atom is -0.342 e. The lowest BCUT2D eigenvalue weighted by atomic mass is 9.51. The molecular weight excluding hydrogens is 860 g/mol. The molecule has 3 N–H and O–H groups in total. The van der Waals surface area contributed by atoms with E-state index in [1.807, 2.05) is 11.0 Å². The molecule has 3 aromatic rings. The number of carbonyl (C=O) groups excluding carboxylic acids is 6. The maximum atomic E-state index is 16.2. The number of fused-ring (bicyclic) bond motifs is 7. The lowest BCUT2D eigenvalue weighted by Crippen LogP contribution is -2.60. The number of Topliss-reactive ketones (excluding diaryl/α,β-unsaturated/α-hetero) is 1. The third-order valence-electron chi connectivity index (χ3n) is 17.5. The summed E-state index contributed by atoms with van der Waals surface area (Å²) in [6, 6.07) is 11.8. The number of nitrogens with zero attached hydrogens (tertiary/aromatic N) is 2. The Hall–Kier alpha value is -5.81. The normalized spacial score (nSPS) is 30.8. The van der Waals surface area contributed by atoms with E-state index in [9.17, 15) is 28.4 Å². The molecule has 3 aromatic carbocycles. The van der Waals surface area contributed by atoms with Gasteiger partial charge in [-0.05, 0) is 123 Å². The molecule has 5 amide bonds. The molecule has 7 fully saturated rings. The molecule has 4 atom stereocenters. The van der Waals surface area contributed by atoms with Crippen molar-refractivity contribution in [1.29, 1.82) is 0 Å². The predicted molar refractivity (Wildman–Crippen MR) is 239 cm³/mol. The molecule has 2 bridgehead atoms. The van der Waals surface area contributed by atoms with Crippen molar-refractivity contribution >= 4 is 41.0 Å². The number of nitrogens with one attached hydrogen (secondary N) is 3. The van der Waals surface area contributed by atoms with Crippen LogP contribution in [0.3, 0.4) is 0 Å². The van der Waals surface area contributed by atoms with Gasteiger partial charge in [0.1, 0.15) is 17.3 Å².